The third-order valence-corrected chi connectivity index (χ3v) is 3.72. The van der Waals surface area contributed by atoms with Crippen molar-refractivity contribution in [3.8, 4) is 6.07 Å². The summed E-state index contributed by atoms with van der Waals surface area (Å²) in [6.07, 6.45) is 0. The molecule has 6 heteroatoms. The molecule has 0 bridgehead atoms. The summed E-state index contributed by atoms with van der Waals surface area (Å²) in [6, 6.07) is 5.99. The number of nitro benzene ring substituents is 1. The van der Waals surface area contributed by atoms with E-state index >= 15 is 0 Å². The van der Waals surface area contributed by atoms with Gasteiger partial charge in [0.2, 0.25) is 0 Å². The average molecular weight is 330 g/mol. The summed E-state index contributed by atoms with van der Waals surface area (Å²) in [5.74, 6) is -2.93. The Morgan fingerprint density at radius 2 is 1.71 bits per heavy atom. The van der Waals surface area contributed by atoms with Crippen LogP contribution in [0.2, 0.25) is 0 Å². The Hall–Kier alpha value is -2.55. The van der Waals surface area contributed by atoms with Crippen LogP contribution in [0, 0.1) is 32.8 Å². The monoisotopic (exact) mass is 330 g/mol. The van der Waals surface area contributed by atoms with E-state index in [1.165, 1.54) is 12.1 Å². The van der Waals surface area contributed by atoms with Crippen LogP contribution >= 0.6 is 0 Å². The number of ketones is 2. The van der Waals surface area contributed by atoms with Gasteiger partial charge in [0.15, 0.2) is 17.5 Å². The number of Topliss-reactive ketones (excluding diaryl/α,β-unsaturated/α-hetero) is 2. The SMILES string of the molecule is CC(C)(C)C(=O)C(C#N)C(=O)c1ccc(C(C)(C)C)cc1[N+](=O)[O-]. The van der Waals surface area contributed by atoms with E-state index < -0.39 is 27.8 Å². The Bertz CT molecular complexity index is 731. The van der Waals surface area contributed by atoms with E-state index in [9.17, 15) is 25.0 Å². The normalized spacial score (nSPS) is 13.0. The molecule has 0 aliphatic rings. The molecule has 0 aliphatic carbocycles. The molecule has 0 fully saturated rings. The lowest BCUT2D eigenvalue weighted by Crippen LogP contribution is -2.33. The summed E-state index contributed by atoms with van der Waals surface area (Å²) in [5, 5.41) is 20.6. The molecule has 0 spiro atoms. The summed E-state index contributed by atoms with van der Waals surface area (Å²) >= 11 is 0. The quantitative estimate of drug-likeness (QED) is 0.361. The predicted octanol–water partition coefficient (Wildman–Crippen LogP) is 3.83. The van der Waals surface area contributed by atoms with Gasteiger partial charge in [0.05, 0.1) is 16.6 Å². The fraction of sp³-hybridized carbons (Fsp3) is 0.500. The van der Waals surface area contributed by atoms with Gasteiger partial charge in [-0.1, -0.05) is 47.6 Å². The number of nitriles is 1. The van der Waals surface area contributed by atoms with Crippen LogP contribution in [0.25, 0.3) is 0 Å². The van der Waals surface area contributed by atoms with Gasteiger partial charge in [0.1, 0.15) is 0 Å². The highest BCUT2D eigenvalue weighted by Crippen LogP contribution is 2.31. The molecule has 1 aromatic carbocycles. The molecule has 24 heavy (non-hydrogen) atoms. The molecule has 6 nitrogen and oxygen atoms in total. The molecule has 0 aromatic heterocycles. The maximum absolute atomic E-state index is 12.6. The maximum atomic E-state index is 12.6. The van der Waals surface area contributed by atoms with Crippen LogP contribution < -0.4 is 0 Å². The molecular weight excluding hydrogens is 308 g/mol. The van der Waals surface area contributed by atoms with E-state index in [0.29, 0.717) is 5.56 Å². The first-order valence-corrected chi connectivity index (χ1v) is 7.57. The number of nitro groups is 1. The molecule has 0 amide bonds. The van der Waals surface area contributed by atoms with Crippen molar-refractivity contribution in [1.29, 1.82) is 5.26 Å². The molecule has 0 N–H and O–H groups in total. The van der Waals surface area contributed by atoms with Crippen molar-refractivity contribution in [2.24, 2.45) is 11.3 Å². The molecule has 0 saturated carbocycles. The third kappa shape index (κ3) is 4.05. The number of nitrogens with zero attached hydrogens (tertiary/aromatic N) is 2. The van der Waals surface area contributed by atoms with Crippen LogP contribution in [0.15, 0.2) is 18.2 Å². The van der Waals surface area contributed by atoms with Gasteiger partial charge in [0, 0.05) is 11.5 Å². The Kier molecular flexibility index (Phi) is 5.30. The standard InChI is InChI=1S/C18H22N2O4/c1-17(2,3)11-7-8-12(14(9-11)20(23)24)15(21)13(10-19)16(22)18(4,5)6/h7-9,13H,1-6H3. The lowest BCUT2D eigenvalue weighted by Gasteiger charge is -2.21. The van der Waals surface area contributed by atoms with Crippen LogP contribution in [0.3, 0.4) is 0 Å². The first-order chi connectivity index (χ1) is 10.8. The van der Waals surface area contributed by atoms with Gasteiger partial charge in [-0.15, -0.1) is 0 Å². The lowest BCUT2D eigenvalue weighted by atomic mass is 9.79. The van der Waals surface area contributed by atoms with Crippen molar-refractivity contribution in [3.63, 3.8) is 0 Å². The first kappa shape index (κ1) is 19.5. The lowest BCUT2D eigenvalue weighted by molar-refractivity contribution is -0.385. The Labute approximate surface area is 141 Å². The summed E-state index contributed by atoms with van der Waals surface area (Å²) in [6.45, 7) is 10.5. The molecule has 1 aromatic rings. The summed E-state index contributed by atoms with van der Waals surface area (Å²) in [4.78, 5) is 35.6. The second-order valence-corrected chi connectivity index (χ2v) is 7.78. The fourth-order valence-electron chi connectivity index (χ4n) is 2.18. The zero-order valence-electron chi connectivity index (χ0n) is 14.8. The van der Waals surface area contributed by atoms with Gasteiger partial charge in [-0.25, -0.2) is 0 Å². The van der Waals surface area contributed by atoms with Crippen molar-refractivity contribution in [2.75, 3.05) is 0 Å². The molecule has 0 saturated heterocycles. The number of hydrogen-bond donors (Lipinski definition) is 0. The van der Waals surface area contributed by atoms with Crippen molar-refractivity contribution in [1.82, 2.24) is 0 Å². The summed E-state index contributed by atoms with van der Waals surface area (Å²) < 4.78 is 0. The Balaban J connectivity index is 3.45. The third-order valence-electron chi connectivity index (χ3n) is 3.72. The second-order valence-electron chi connectivity index (χ2n) is 7.78. The number of carbonyl (C=O) groups is 2. The molecule has 0 heterocycles. The molecule has 1 unspecified atom stereocenters. The van der Waals surface area contributed by atoms with Crippen LogP contribution in [-0.4, -0.2) is 16.5 Å². The van der Waals surface area contributed by atoms with Crippen molar-refractivity contribution >= 4 is 17.3 Å². The Morgan fingerprint density at radius 3 is 2.08 bits per heavy atom. The minimum Gasteiger partial charge on any atom is -0.297 e. The largest absolute Gasteiger partial charge is 0.297 e. The van der Waals surface area contributed by atoms with E-state index in [-0.39, 0.29) is 16.7 Å². The van der Waals surface area contributed by atoms with Gasteiger partial charge in [0.25, 0.3) is 5.69 Å². The minimum atomic E-state index is -1.55. The van der Waals surface area contributed by atoms with E-state index in [1.807, 2.05) is 20.8 Å². The molecule has 0 aliphatic heterocycles. The minimum absolute atomic E-state index is 0.211. The number of rotatable bonds is 4. The maximum Gasteiger partial charge on any atom is 0.280 e. The van der Waals surface area contributed by atoms with Crippen LogP contribution in [0.1, 0.15) is 57.5 Å². The van der Waals surface area contributed by atoms with Crippen LogP contribution in [0.5, 0.6) is 0 Å². The highest BCUT2D eigenvalue weighted by molar-refractivity contribution is 6.15. The van der Waals surface area contributed by atoms with Crippen molar-refractivity contribution < 1.29 is 14.5 Å². The van der Waals surface area contributed by atoms with E-state index in [4.69, 9.17) is 0 Å². The molecule has 1 atom stereocenters. The van der Waals surface area contributed by atoms with Gasteiger partial charge < -0.3 is 0 Å². The summed E-state index contributed by atoms with van der Waals surface area (Å²) in [5.41, 5.74) is -1.12. The van der Waals surface area contributed by atoms with E-state index in [2.05, 4.69) is 0 Å². The molecule has 1 rings (SSSR count). The summed E-state index contributed by atoms with van der Waals surface area (Å²) in [7, 11) is 0. The van der Waals surface area contributed by atoms with Crippen LogP contribution in [-0.2, 0) is 10.2 Å². The molecule has 128 valence electrons. The topological polar surface area (TPSA) is 101 Å². The smallest absolute Gasteiger partial charge is 0.280 e. The Morgan fingerprint density at radius 1 is 1.17 bits per heavy atom. The highest BCUT2D eigenvalue weighted by Gasteiger charge is 2.38. The van der Waals surface area contributed by atoms with Gasteiger partial charge in [-0.3, -0.25) is 19.7 Å². The van der Waals surface area contributed by atoms with E-state index in [0.717, 1.165) is 0 Å². The average Bonchev–Trinajstić information content (AvgIpc) is 2.45. The number of benzene rings is 1. The first-order valence-electron chi connectivity index (χ1n) is 7.57. The van der Waals surface area contributed by atoms with Crippen molar-refractivity contribution in [3.05, 3.63) is 39.4 Å². The highest BCUT2D eigenvalue weighted by atomic mass is 16.6. The second kappa shape index (κ2) is 6.52. The van der Waals surface area contributed by atoms with Gasteiger partial charge in [-0.2, -0.15) is 5.26 Å². The van der Waals surface area contributed by atoms with Gasteiger partial charge in [-0.05, 0) is 17.0 Å². The molecular formula is C18H22N2O4. The van der Waals surface area contributed by atoms with E-state index in [1.54, 1.807) is 32.9 Å². The van der Waals surface area contributed by atoms with Gasteiger partial charge >= 0.3 is 0 Å². The predicted molar refractivity (Wildman–Crippen MR) is 89.7 cm³/mol. The fourth-order valence-corrected chi connectivity index (χ4v) is 2.18. The number of carbonyl (C=O) groups excluding carboxylic acids is 2. The van der Waals surface area contributed by atoms with Crippen molar-refractivity contribution in [2.45, 2.75) is 47.0 Å². The zero-order valence-corrected chi connectivity index (χ0v) is 14.8. The molecule has 0 radical (unpaired) electrons. The number of hydrogen-bond acceptors (Lipinski definition) is 5. The van der Waals surface area contributed by atoms with Crippen LogP contribution in [0.4, 0.5) is 5.69 Å². The zero-order chi connectivity index (χ0) is 18.9.